The maximum absolute atomic E-state index is 12.5. The van der Waals surface area contributed by atoms with E-state index in [0.717, 1.165) is 5.56 Å². The van der Waals surface area contributed by atoms with Crippen LogP contribution in [0.25, 0.3) is 0 Å². The predicted molar refractivity (Wildman–Crippen MR) is 120 cm³/mol. The summed E-state index contributed by atoms with van der Waals surface area (Å²) in [6.45, 7) is 0.813. The van der Waals surface area contributed by atoms with Gasteiger partial charge in [-0.3, -0.25) is 10.1 Å². The van der Waals surface area contributed by atoms with Gasteiger partial charge in [-0.05, 0) is 42.0 Å². The lowest BCUT2D eigenvalue weighted by Gasteiger charge is -2.32. The van der Waals surface area contributed by atoms with Crippen LogP contribution in [0.1, 0.15) is 11.7 Å². The summed E-state index contributed by atoms with van der Waals surface area (Å²) in [7, 11) is -3.95. The molecule has 0 N–H and O–H groups in total. The van der Waals surface area contributed by atoms with Crippen LogP contribution in [0.2, 0.25) is 0 Å². The quantitative estimate of drug-likeness (QED) is 0.293. The number of ether oxygens (including phenoxy) is 2. The van der Waals surface area contributed by atoms with E-state index >= 15 is 0 Å². The van der Waals surface area contributed by atoms with Crippen molar-refractivity contribution in [2.45, 2.75) is 11.0 Å². The highest BCUT2D eigenvalue weighted by Gasteiger charge is 2.27. The summed E-state index contributed by atoms with van der Waals surface area (Å²) in [4.78, 5) is 24.3. The second kappa shape index (κ2) is 9.89. The van der Waals surface area contributed by atoms with Crippen molar-refractivity contribution in [2.24, 2.45) is 0 Å². The number of amides is 1. The molecule has 1 fully saturated rings. The standard InChI is InChI=1S/C23H20N2O8S/c26-23(32-19-12-8-18(9-13-19)25(27)28)24-14-15-31-22(16-24)17-6-10-20(11-7-17)33-34(29,30)21-4-2-1-3-5-21/h1-13,22H,14-16H2/t22-/m0/s1. The fraction of sp³-hybridized carbons (Fsp3) is 0.174. The number of nitro groups is 1. The second-order valence-electron chi connectivity index (χ2n) is 7.34. The smallest absolute Gasteiger partial charge is 0.410 e. The lowest BCUT2D eigenvalue weighted by Crippen LogP contribution is -2.43. The van der Waals surface area contributed by atoms with Gasteiger partial charge in [0, 0.05) is 18.7 Å². The van der Waals surface area contributed by atoms with Gasteiger partial charge in [0.05, 0.1) is 18.1 Å². The van der Waals surface area contributed by atoms with Gasteiger partial charge in [0.2, 0.25) is 0 Å². The first-order valence-corrected chi connectivity index (χ1v) is 11.6. The summed E-state index contributed by atoms with van der Waals surface area (Å²) in [6, 6.07) is 19.4. The Morgan fingerprint density at radius 1 is 0.971 bits per heavy atom. The molecule has 11 heteroatoms. The Balaban J connectivity index is 1.38. The summed E-state index contributed by atoms with van der Waals surface area (Å²) in [5.41, 5.74) is 0.632. The minimum Gasteiger partial charge on any atom is -0.410 e. The molecule has 176 valence electrons. The normalized spacial score (nSPS) is 16.0. The monoisotopic (exact) mass is 484 g/mol. The molecule has 1 heterocycles. The zero-order valence-electron chi connectivity index (χ0n) is 17.8. The Morgan fingerprint density at radius 3 is 2.26 bits per heavy atom. The molecule has 0 unspecified atom stereocenters. The molecule has 3 aromatic rings. The van der Waals surface area contributed by atoms with Crippen molar-refractivity contribution in [3.05, 3.63) is 94.5 Å². The van der Waals surface area contributed by atoms with Crippen LogP contribution in [0.5, 0.6) is 11.5 Å². The first kappa shape index (κ1) is 23.2. The van der Waals surface area contributed by atoms with Gasteiger partial charge in [-0.2, -0.15) is 8.42 Å². The van der Waals surface area contributed by atoms with Gasteiger partial charge in [0.1, 0.15) is 22.5 Å². The number of non-ortho nitro benzene ring substituents is 1. The van der Waals surface area contributed by atoms with Gasteiger partial charge in [-0.1, -0.05) is 30.3 Å². The molecule has 1 saturated heterocycles. The Morgan fingerprint density at radius 2 is 1.62 bits per heavy atom. The van der Waals surface area contributed by atoms with Gasteiger partial charge < -0.3 is 18.6 Å². The molecule has 1 atom stereocenters. The zero-order chi connectivity index (χ0) is 24.1. The van der Waals surface area contributed by atoms with E-state index in [1.807, 2.05) is 0 Å². The minimum absolute atomic E-state index is 0.0527. The summed E-state index contributed by atoms with van der Waals surface area (Å²) in [5.74, 6) is 0.345. The predicted octanol–water partition coefficient (Wildman–Crippen LogP) is 3.93. The Labute approximate surface area is 195 Å². The lowest BCUT2D eigenvalue weighted by atomic mass is 10.1. The molecular formula is C23H20N2O8S. The van der Waals surface area contributed by atoms with Crippen molar-refractivity contribution < 1.29 is 31.8 Å². The van der Waals surface area contributed by atoms with E-state index in [0.29, 0.717) is 6.54 Å². The molecule has 0 aliphatic carbocycles. The Hall–Kier alpha value is -3.96. The summed E-state index contributed by atoms with van der Waals surface area (Å²) in [5, 5.41) is 10.7. The fourth-order valence-corrected chi connectivity index (χ4v) is 4.27. The molecule has 0 saturated carbocycles. The first-order chi connectivity index (χ1) is 16.3. The largest absolute Gasteiger partial charge is 0.415 e. The minimum atomic E-state index is -3.95. The van der Waals surface area contributed by atoms with E-state index in [2.05, 4.69) is 0 Å². The van der Waals surface area contributed by atoms with Gasteiger partial charge in [-0.25, -0.2) is 4.79 Å². The lowest BCUT2D eigenvalue weighted by molar-refractivity contribution is -0.384. The number of morpholine rings is 1. The molecular weight excluding hydrogens is 464 g/mol. The number of carbonyl (C=O) groups excluding carboxylic acids is 1. The third-order valence-corrected chi connectivity index (χ3v) is 6.33. The number of rotatable bonds is 6. The number of carbonyl (C=O) groups is 1. The van der Waals surface area contributed by atoms with E-state index in [9.17, 15) is 23.3 Å². The van der Waals surface area contributed by atoms with Crippen LogP contribution in [0, 0.1) is 10.1 Å². The molecule has 10 nitrogen and oxygen atoms in total. The number of hydrogen-bond acceptors (Lipinski definition) is 8. The average Bonchev–Trinajstić information content (AvgIpc) is 2.85. The zero-order valence-corrected chi connectivity index (χ0v) is 18.6. The maximum atomic E-state index is 12.5. The molecule has 3 aromatic carbocycles. The van der Waals surface area contributed by atoms with Crippen molar-refractivity contribution in [1.82, 2.24) is 4.90 Å². The molecule has 1 aliphatic rings. The summed E-state index contributed by atoms with van der Waals surface area (Å²) >= 11 is 0. The SMILES string of the molecule is O=C(Oc1ccc([N+](=O)[O-])cc1)N1CCO[C@H](c2ccc(OS(=O)(=O)c3ccccc3)cc2)C1. The number of nitrogens with zero attached hydrogens (tertiary/aromatic N) is 2. The molecule has 1 amide bonds. The second-order valence-corrected chi connectivity index (χ2v) is 8.89. The van der Waals surface area contributed by atoms with Crippen LogP contribution in [0.3, 0.4) is 0 Å². The van der Waals surface area contributed by atoms with Gasteiger partial charge in [0.15, 0.2) is 0 Å². The number of benzene rings is 3. The maximum Gasteiger partial charge on any atom is 0.415 e. The molecule has 34 heavy (non-hydrogen) atoms. The third-order valence-electron chi connectivity index (χ3n) is 5.07. The van der Waals surface area contributed by atoms with Crippen LogP contribution < -0.4 is 8.92 Å². The molecule has 0 radical (unpaired) electrons. The molecule has 0 aromatic heterocycles. The molecule has 4 rings (SSSR count). The average molecular weight is 484 g/mol. The van der Waals surface area contributed by atoms with Crippen LogP contribution in [0.4, 0.5) is 10.5 Å². The third kappa shape index (κ3) is 5.50. The van der Waals surface area contributed by atoms with Crippen molar-refractivity contribution in [3.63, 3.8) is 0 Å². The highest BCUT2D eigenvalue weighted by molar-refractivity contribution is 7.87. The van der Waals surface area contributed by atoms with E-state index < -0.39 is 27.2 Å². The Bertz CT molecular complexity index is 1260. The number of hydrogen-bond donors (Lipinski definition) is 0. The highest BCUT2D eigenvalue weighted by Crippen LogP contribution is 2.27. The van der Waals surface area contributed by atoms with Crippen molar-refractivity contribution in [2.75, 3.05) is 19.7 Å². The van der Waals surface area contributed by atoms with Crippen LogP contribution >= 0.6 is 0 Å². The Kier molecular flexibility index (Phi) is 6.75. The van der Waals surface area contributed by atoms with Crippen LogP contribution in [-0.2, 0) is 14.9 Å². The summed E-state index contributed by atoms with van der Waals surface area (Å²) in [6.07, 6.45) is -1.05. The molecule has 0 bridgehead atoms. The topological polar surface area (TPSA) is 125 Å². The van der Waals surface area contributed by atoms with Crippen molar-refractivity contribution in [3.8, 4) is 11.5 Å². The van der Waals surface area contributed by atoms with E-state index in [1.54, 1.807) is 30.3 Å². The van der Waals surface area contributed by atoms with Crippen molar-refractivity contribution in [1.29, 1.82) is 0 Å². The van der Waals surface area contributed by atoms with E-state index in [-0.39, 0.29) is 35.2 Å². The van der Waals surface area contributed by atoms with Crippen LogP contribution in [-0.4, -0.2) is 44.0 Å². The first-order valence-electron chi connectivity index (χ1n) is 10.2. The molecule has 1 aliphatic heterocycles. The van der Waals surface area contributed by atoms with Crippen molar-refractivity contribution >= 4 is 21.9 Å². The van der Waals surface area contributed by atoms with Crippen LogP contribution in [0.15, 0.2) is 83.8 Å². The van der Waals surface area contributed by atoms with Gasteiger partial charge >= 0.3 is 16.2 Å². The number of nitro benzene ring substituents is 1. The van der Waals surface area contributed by atoms with E-state index in [1.165, 1.54) is 53.4 Å². The van der Waals surface area contributed by atoms with E-state index in [4.69, 9.17) is 13.7 Å². The fourth-order valence-electron chi connectivity index (χ4n) is 3.32. The highest BCUT2D eigenvalue weighted by atomic mass is 32.2. The summed E-state index contributed by atoms with van der Waals surface area (Å²) < 4.78 is 41.0. The van der Waals surface area contributed by atoms with Gasteiger partial charge in [-0.15, -0.1) is 0 Å². The van der Waals surface area contributed by atoms with Gasteiger partial charge in [0.25, 0.3) is 5.69 Å². The molecule has 0 spiro atoms.